The van der Waals surface area contributed by atoms with Gasteiger partial charge in [0.1, 0.15) is 0 Å². The summed E-state index contributed by atoms with van der Waals surface area (Å²) >= 11 is 1.76. The van der Waals surface area contributed by atoms with Crippen LogP contribution in [0.25, 0.3) is 0 Å². The topological polar surface area (TPSA) is 18.5 Å². The van der Waals surface area contributed by atoms with Crippen LogP contribution in [0.1, 0.15) is 84.0 Å². The van der Waals surface area contributed by atoms with E-state index in [2.05, 4.69) is 10.1 Å². The summed E-state index contributed by atoms with van der Waals surface area (Å²) in [5.41, 5.74) is 0. The Morgan fingerprint density at radius 3 is 1.47 bits per heavy atom. The molecular formula is C14H29IO2. The van der Waals surface area contributed by atoms with E-state index in [0.717, 1.165) is 13.0 Å². The summed E-state index contributed by atoms with van der Waals surface area (Å²) < 4.78 is 4.51. The van der Waals surface area contributed by atoms with E-state index < -0.39 is 0 Å². The summed E-state index contributed by atoms with van der Waals surface area (Å²) in [6.07, 6.45) is 16.5. The first kappa shape index (κ1) is 17.6. The van der Waals surface area contributed by atoms with Crippen LogP contribution in [0.15, 0.2) is 0 Å². The van der Waals surface area contributed by atoms with E-state index in [9.17, 15) is 0 Å². The maximum Gasteiger partial charge on any atom is 0.155 e. The second kappa shape index (κ2) is 16.6. The third-order valence-corrected chi connectivity index (χ3v) is 3.38. The lowest BCUT2D eigenvalue weighted by atomic mass is 10.1. The van der Waals surface area contributed by atoms with Crippen molar-refractivity contribution in [3.63, 3.8) is 0 Å². The Bertz CT molecular complexity index is 117. The van der Waals surface area contributed by atoms with Crippen molar-refractivity contribution >= 4 is 23.0 Å². The summed E-state index contributed by atoms with van der Waals surface area (Å²) in [6.45, 7) is 3.01. The SMILES string of the molecule is CCCCCCCCCCCCCCOOI. The fraction of sp³-hybridized carbons (Fsp3) is 1.00. The number of hydrogen-bond acceptors (Lipinski definition) is 2. The molecule has 0 aromatic heterocycles. The monoisotopic (exact) mass is 356 g/mol. The fourth-order valence-electron chi connectivity index (χ4n) is 2.03. The molecule has 0 saturated heterocycles. The Hall–Kier alpha value is 0.650. The number of hydrogen-bond donors (Lipinski definition) is 0. The van der Waals surface area contributed by atoms with Crippen LogP contribution in [0.4, 0.5) is 0 Å². The molecule has 0 atom stereocenters. The predicted octanol–water partition coefficient (Wildman–Crippen LogP) is 5.99. The second-order valence-electron chi connectivity index (χ2n) is 4.77. The maximum atomic E-state index is 4.81. The standard InChI is InChI=1S/C14H29IO2/c1-2-3-4-5-6-7-8-9-10-11-12-13-14-16-17-15/h2-14H2,1H3. The average molecular weight is 356 g/mol. The quantitative estimate of drug-likeness (QED) is 0.165. The largest absolute Gasteiger partial charge is 0.226 e. The molecule has 0 heterocycles. The van der Waals surface area contributed by atoms with E-state index in [1.54, 1.807) is 23.0 Å². The summed E-state index contributed by atoms with van der Waals surface area (Å²) in [5.74, 6) is 0. The molecule has 0 spiro atoms. The van der Waals surface area contributed by atoms with Crippen LogP contribution in [0.5, 0.6) is 0 Å². The highest BCUT2D eigenvalue weighted by molar-refractivity contribution is 14.1. The van der Waals surface area contributed by atoms with E-state index >= 15 is 0 Å². The van der Waals surface area contributed by atoms with Crippen LogP contribution in [0.2, 0.25) is 0 Å². The van der Waals surface area contributed by atoms with Gasteiger partial charge in [-0.05, 0) is 6.42 Å². The minimum Gasteiger partial charge on any atom is -0.226 e. The third-order valence-electron chi connectivity index (χ3n) is 3.13. The molecule has 0 radical (unpaired) electrons. The van der Waals surface area contributed by atoms with E-state index in [1.165, 1.54) is 70.6 Å². The van der Waals surface area contributed by atoms with Gasteiger partial charge in [-0.25, -0.2) is 4.89 Å². The highest BCUT2D eigenvalue weighted by Gasteiger charge is 1.93. The maximum absolute atomic E-state index is 4.81. The molecule has 2 nitrogen and oxygen atoms in total. The summed E-state index contributed by atoms with van der Waals surface area (Å²) in [7, 11) is 0. The summed E-state index contributed by atoms with van der Waals surface area (Å²) in [6, 6.07) is 0. The normalized spacial score (nSPS) is 10.9. The van der Waals surface area contributed by atoms with Gasteiger partial charge in [-0.2, -0.15) is 3.22 Å². The molecule has 0 aliphatic rings. The zero-order valence-electron chi connectivity index (χ0n) is 11.4. The molecule has 0 unspecified atom stereocenters. The van der Waals surface area contributed by atoms with Crippen LogP contribution in [-0.4, -0.2) is 6.61 Å². The number of unbranched alkanes of at least 4 members (excludes halogenated alkanes) is 11. The average Bonchev–Trinajstić information content (AvgIpc) is 2.35. The van der Waals surface area contributed by atoms with Crippen molar-refractivity contribution in [3.05, 3.63) is 0 Å². The molecule has 0 amide bonds. The van der Waals surface area contributed by atoms with Crippen LogP contribution < -0.4 is 0 Å². The third kappa shape index (κ3) is 16.6. The molecule has 0 aliphatic carbocycles. The fourth-order valence-corrected chi connectivity index (χ4v) is 2.21. The van der Waals surface area contributed by atoms with Crippen molar-refractivity contribution < 1.29 is 8.10 Å². The van der Waals surface area contributed by atoms with E-state index in [-0.39, 0.29) is 0 Å². The van der Waals surface area contributed by atoms with Crippen LogP contribution >= 0.6 is 23.0 Å². The predicted molar refractivity (Wildman–Crippen MR) is 82.1 cm³/mol. The first-order valence-electron chi connectivity index (χ1n) is 7.32. The number of rotatable bonds is 14. The van der Waals surface area contributed by atoms with Gasteiger partial charge in [-0.15, -0.1) is 0 Å². The smallest absolute Gasteiger partial charge is 0.155 e. The summed E-state index contributed by atoms with van der Waals surface area (Å²) in [4.78, 5) is 4.81. The van der Waals surface area contributed by atoms with Crippen LogP contribution in [0, 0.1) is 0 Å². The summed E-state index contributed by atoms with van der Waals surface area (Å²) in [5, 5.41) is 0. The molecule has 17 heavy (non-hydrogen) atoms. The second-order valence-corrected chi connectivity index (χ2v) is 5.13. The van der Waals surface area contributed by atoms with Crippen molar-refractivity contribution in [2.75, 3.05) is 6.61 Å². The molecule has 0 bridgehead atoms. The van der Waals surface area contributed by atoms with Gasteiger partial charge in [0.2, 0.25) is 0 Å². The zero-order chi connectivity index (χ0) is 12.6. The van der Waals surface area contributed by atoms with Gasteiger partial charge in [0.25, 0.3) is 0 Å². The Morgan fingerprint density at radius 2 is 1.06 bits per heavy atom. The Kier molecular flexibility index (Phi) is 17.3. The van der Waals surface area contributed by atoms with Gasteiger partial charge in [-0.1, -0.05) is 77.6 Å². The van der Waals surface area contributed by atoms with Gasteiger partial charge >= 0.3 is 0 Å². The van der Waals surface area contributed by atoms with Gasteiger partial charge < -0.3 is 0 Å². The molecule has 3 heteroatoms. The minimum absolute atomic E-state index is 0.736. The molecule has 104 valence electrons. The highest BCUT2D eigenvalue weighted by Crippen LogP contribution is 2.11. The lowest BCUT2D eigenvalue weighted by Gasteiger charge is -2.02. The van der Waals surface area contributed by atoms with Gasteiger partial charge in [0, 0.05) is 0 Å². The molecule has 0 aromatic carbocycles. The lowest BCUT2D eigenvalue weighted by Crippen LogP contribution is -1.89. The van der Waals surface area contributed by atoms with E-state index in [1.807, 2.05) is 0 Å². The first-order chi connectivity index (χ1) is 8.41. The Balaban J connectivity index is 2.85. The van der Waals surface area contributed by atoms with Gasteiger partial charge in [-0.3, -0.25) is 0 Å². The first-order valence-corrected chi connectivity index (χ1v) is 8.20. The van der Waals surface area contributed by atoms with Gasteiger partial charge in [0.05, 0.1) is 6.61 Å². The van der Waals surface area contributed by atoms with Crippen LogP contribution in [0.3, 0.4) is 0 Å². The molecule has 0 rings (SSSR count). The van der Waals surface area contributed by atoms with Crippen molar-refractivity contribution in [2.24, 2.45) is 0 Å². The van der Waals surface area contributed by atoms with Crippen LogP contribution in [-0.2, 0) is 8.10 Å². The number of halogens is 1. The highest BCUT2D eigenvalue weighted by atomic mass is 127. The molecule has 0 aliphatic heterocycles. The van der Waals surface area contributed by atoms with E-state index in [0.29, 0.717) is 0 Å². The molecule has 0 saturated carbocycles. The molecule has 0 N–H and O–H groups in total. The zero-order valence-corrected chi connectivity index (χ0v) is 13.5. The molecule has 0 fully saturated rings. The lowest BCUT2D eigenvalue weighted by molar-refractivity contribution is -0.166. The van der Waals surface area contributed by atoms with Crippen molar-refractivity contribution in [2.45, 2.75) is 84.0 Å². The molecule has 0 aromatic rings. The molecular weight excluding hydrogens is 327 g/mol. The van der Waals surface area contributed by atoms with Crippen molar-refractivity contribution in [1.82, 2.24) is 0 Å². The van der Waals surface area contributed by atoms with Crippen molar-refractivity contribution in [1.29, 1.82) is 0 Å². The Morgan fingerprint density at radius 1 is 0.647 bits per heavy atom. The van der Waals surface area contributed by atoms with Gasteiger partial charge in [0.15, 0.2) is 23.0 Å². The van der Waals surface area contributed by atoms with Crippen molar-refractivity contribution in [3.8, 4) is 0 Å². The minimum atomic E-state index is 0.736. The Labute approximate surface area is 121 Å². The van der Waals surface area contributed by atoms with E-state index in [4.69, 9.17) is 4.89 Å².